The molecule has 10 nitrogen and oxygen atoms in total. The van der Waals surface area contributed by atoms with E-state index in [1.165, 1.54) is 23.0 Å². The minimum Gasteiger partial charge on any atom is -0.493 e. The number of allylic oxidation sites excluding steroid dienone is 1. The van der Waals surface area contributed by atoms with Crippen LogP contribution in [0.3, 0.4) is 0 Å². The highest BCUT2D eigenvalue weighted by Gasteiger charge is 2.35. The molecule has 5 rings (SSSR count). The van der Waals surface area contributed by atoms with Crippen LogP contribution in [-0.2, 0) is 20.9 Å². The van der Waals surface area contributed by atoms with Crippen LogP contribution >= 0.6 is 27.3 Å². The van der Waals surface area contributed by atoms with Crippen LogP contribution in [0.2, 0.25) is 0 Å². The molecule has 49 heavy (non-hydrogen) atoms. The van der Waals surface area contributed by atoms with Crippen LogP contribution in [0.4, 0.5) is 0 Å². The minimum atomic E-state index is -0.835. The fraction of sp³-hybridized carbons (Fsp3) is 0.297. The molecule has 0 unspecified atom stereocenters. The third-order valence-electron chi connectivity index (χ3n) is 7.50. The van der Waals surface area contributed by atoms with Crippen molar-refractivity contribution in [2.24, 2.45) is 4.99 Å². The number of carbonyl (C=O) groups is 2. The molecule has 1 aliphatic heterocycles. The summed E-state index contributed by atoms with van der Waals surface area (Å²) in [5.41, 5.74) is 2.86. The van der Waals surface area contributed by atoms with E-state index in [4.69, 9.17) is 28.7 Å². The average molecular weight is 750 g/mol. The lowest BCUT2D eigenvalue weighted by atomic mass is 9.95. The van der Waals surface area contributed by atoms with Gasteiger partial charge in [0.25, 0.3) is 5.56 Å². The standard InChI is InChI=1S/C37H37BrN2O8S/c1-7-45-35(42)24-15-13-23(14-16-24)20-47-33-25(17-26(38)19-29(33)44-6)18-30-34(41)40-32(27-11-9-10-12-28(27)48-21(3)4)31(36(43)46-8-2)22(5)39-37(40)49-30/h9-19,21,32H,7-8,20H2,1-6H3/b30-18-/t32-/m1/s1. The fourth-order valence-electron chi connectivity index (χ4n) is 5.40. The summed E-state index contributed by atoms with van der Waals surface area (Å²) in [5, 5.41) is 0. The van der Waals surface area contributed by atoms with Gasteiger partial charge in [-0.1, -0.05) is 57.6 Å². The summed E-state index contributed by atoms with van der Waals surface area (Å²) in [6, 6.07) is 17.1. The highest BCUT2D eigenvalue weighted by Crippen LogP contribution is 2.38. The van der Waals surface area contributed by atoms with Crippen LogP contribution in [0.5, 0.6) is 17.2 Å². The fourth-order valence-corrected chi connectivity index (χ4v) is 6.90. The van der Waals surface area contributed by atoms with Gasteiger partial charge in [0.05, 0.1) is 47.8 Å². The van der Waals surface area contributed by atoms with E-state index in [0.717, 1.165) is 5.56 Å². The Balaban J connectivity index is 1.62. The Hall–Kier alpha value is -4.68. The van der Waals surface area contributed by atoms with Gasteiger partial charge in [0.1, 0.15) is 18.4 Å². The van der Waals surface area contributed by atoms with Crippen LogP contribution in [0.25, 0.3) is 6.08 Å². The average Bonchev–Trinajstić information content (AvgIpc) is 3.37. The molecule has 0 saturated carbocycles. The molecule has 0 bridgehead atoms. The topological polar surface area (TPSA) is 115 Å². The SMILES string of the molecule is CCOC(=O)C1=C(C)N=c2s/c(=C\c3cc(Br)cc(OC)c3OCc3ccc(C(=O)OCC)cc3)c(=O)n2[C@@H]1c1ccccc1OC(C)C. The molecule has 2 heterocycles. The first-order chi connectivity index (χ1) is 23.6. The number of hydrogen-bond acceptors (Lipinski definition) is 10. The lowest BCUT2D eigenvalue weighted by Crippen LogP contribution is -2.40. The zero-order chi connectivity index (χ0) is 35.2. The maximum atomic E-state index is 14.4. The number of esters is 2. The number of benzene rings is 3. The van der Waals surface area contributed by atoms with Crippen LogP contribution in [0.1, 0.15) is 67.7 Å². The summed E-state index contributed by atoms with van der Waals surface area (Å²) in [5.74, 6) is 0.480. The number of fused-ring (bicyclic) bond motifs is 1. The first kappa shape index (κ1) is 35.6. The minimum absolute atomic E-state index is 0.145. The van der Waals surface area contributed by atoms with E-state index in [0.29, 0.717) is 60.0 Å². The lowest BCUT2D eigenvalue weighted by Gasteiger charge is -2.26. The Bertz CT molecular complexity index is 2080. The van der Waals surface area contributed by atoms with E-state index in [1.54, 1.807) is 57.2 Å². The molecule has 1 aromatic heterocycles. The van der Waals surface area contributed by atoms with E-state index in [-0.39, 0.29) is 30.5 Å². The van der Waals surface area contributed by atoms with Crippen molar-refractivity contribution in [1.29, 1.82) is 0 Å². The van der Waals surface area contributed by atoms with E-state index >= 15 is 0 Å². The van der Waals surface area contributed by atoms with Gasteiger partial charge in [0.15, 0.2) is 16.3 Å². The summed E-state index contributed by atoms with van der Waals surface area (Å²) in [4.78, 5) is 45.0. The summed E-state index contributed by atoms with van der Waals surface area (Å²) >= 11 is 4.75. The number of para-hydroxylation sites is 1. The normalized spacial score (nSPS) is 14.3. The van der Waals surface area contributed by atoms with Gasteiger partial charge in [-0.25, -0.2) is 14.6 Å². The zero-order valence-corrected chi connectivity index (χ0v) is 30.5. The van der Waals surface area contributed by atoms with Crippen molar-refractivity contribution >= 4 is 45.3 Å². The number of hydrogen-bond donors (Lipinski definition) is 0. The van der Waals surface area contributed by atoms with Crippen LogP contribution in [-0.4, -0.2) is 42.9 Å². The van der Waals surface area contributed by atoms with Gasteiger partial charge in [-0.15, -0.1) is 0 Å². The van der Waals surface area contributed by atoms with Crippen molar-refractivity contribution in [3.8, 4) is 17.2 Å². The van der Waals surface area contributed by atoms with Gasteiger partial charge >= 0.3 is 11.9 Å². The maximum Gasteiger partial charge on any atom is 0.338 e. The Kier molecular flexibility index (Phi) is 11.4. The predicted molar refractivity (Wildman–Crippen MR) is 190 cm³/mol. The summed E-state index contributed by atoms with van der Waals surface area (Å²) in [6.45, 7) is 9.69. The number of halogens is 1. The van der Waals surface area contributed by atoms with Gasteiger partial charge in [-0.2, -0.15) is 0 Å². The van der Waals surface area contributed by atoms with Crippen LogP contribution in [0.15, 0.2) is 86.2 Å². The number of nitrogens with zero attached hydrogens (tertiary/aromatic N) is 2. The van der Waals surface area contributed by atoms with E-state index in [2.05, 4.69) is 15.9 Å². The molecule has 3 aromatic carbocycles. The molecular weight excluding hydrogens is 712 g/mol. The molecule has 4 aromatic rings. The molecule has 0 N–H and O–H groups in total. The molecule has 0 amide bonds. The quantitative estimate of drug-likeness (QED) is 0.160. The van der Waals surface area contributed by atoms with E-state index < -0.39 is 18.0 Å². The predicted octanol–water partition coefficient (Wildman–Crippen LogP) is 6.11. The number of rotatable bonds is 12. The number of aromatic nitrogens is 1. The third kappa shape index (κ3) is 7.81. The van der Waals surface area contributed by atoms with E-state index in [1.807, 2.05) is 44.2 Å². The molecule has 1 atom stereocenters. The molecule has 1 aliphatic rings. The second kappa shape index (κ2) is 15.7. The van der Waals surface area contributed by atoms with Crippen molar-refractivity contribution in [3.05, 3.63) is 118 Å². The van der Waals surface area contributed by atoms with Crippen molar-refractivity contribution < 1.29 is 33.3 Å². The first-order valence-corrected chi connectivity index (χ1v) is 17.4. The summed E-state index contributed by atoms with van der Waals surface area (Å²) in [7, 11) is 1.54. The number of carbonyl (C=O) groups excluding carboxylic acids is 2. The van der Waals surface area contributed by atoms with Gasteiger partial charge in [0, 0.05) is 15.6 Å². The number of methoxy groups -OCH3 is 1. The molecule has 0 saturated heterocycles. The van der Waals surface area contributed by atoms with Crippen molar-refractivity contribution in [1.82, 2.24) is 4.57 Å². The molecule has 256 valence electrons. The smallest absolute Gasteiger partial charge is 0.338 e. The molecular formula is C37H37BrN2O8S. The molecule has 0 fully saturated rings. The first-order valence-electron chi connectivity index (χ1n) is 15.8. The Labute approximate surface area is 296 Å². The molecule has 0 aliphatic carbocycles. The molecule has 0 spiro atoms. The Morgan fingerprint density at radius 1 is 1.00 bits per heavy atom. The van der Waals surface area contributed by atoms with Crippen molar-refractivity contribution in [3.63, 3.8) is 0 Å². The van der Waals surface area contributed by atoms with Gasteiger partial charge in [-0.05, 0) is 76.6 Å². The molecule has 0 radical (unpaired) electrons. The van der Waals surface area contributed by atoms with Crippen LogP contribution < -0.4 is 29.1 Å². The number of thiazole rings is 1. The van der Waals surface area contributed by atoms with Gasteiger partial charge in [0.2, 0.25) is 0 Å². The highest BCUT2D eigenvalue weighted by atomic mass is 79.9. The third-order valence-corrected chi connectivity index (χ3v) is 8.94. The highest BCUT2D eigenvalue weighted by molar-refractivity contribution is 9.10. The van der Waals surface area contributed by atoms with E-state index in [9.17, 15) is 14.4 Å². The second-order valence-corrected chi connectivity index (χ2v) is 13.2. The Morgan fingerprint density at radius 3 is 2.37 bits per heavy atom. The summed E-state index contributed by atoms with van der Waals surface area (Å²) in [6.07, 6.45) is 1.58. The van der Waals surface area contributed by atoms with Crippen molar-refractivity contribution in [2.75, 3.05) is 20.3 Å². The van der Waals surface area contributed by atoms with Gasteiger partial charge < -0.3 is 23.7 Å². The molecule has 12 heteroatoms. The second-order valence-electron chi connectivity index (χ2n) is 11.2. The Morgan fingerprint density at radius 2 is 1.69 bits per heavy atom. The lowest BCUT2D eigenvalue weighted by molar-refractivity contribution is -0.139. The maximum absolute atomic E-state index is 14.4. The monoisotopic (exact) mass is 748 g/mol. The number of ether oxygens (including phenoxy) is 5. The summed E-state index contributed by atoms with van der Waals surface area (Å²) < 4.78 is 31.2. The van der Waals surface area contributed by atoms with Gasteiger partial charge in [-0.3, -0.25) is 9.36 Å². The van der Waals surface area contributed by atoms with Crippen LogP contribution in [0, 0.1) is 0 Å². The zero-order valence-electron chi connectivity index (χ0n) is 28.1. The largest absolute Gasteiger partial charge is 0.493 e. The van der Waals surface area contributed by atoms with Crippen molar-refractivity contribution in [2.45, 2.75) is 53.4 Å².